The predicted octanol–water partition coefficient (Wildman–Crippen LogP) is -3.37. The van der Waals surface area contributed by atoms with Crippen molar-refractivity contribution in [3.8, 4) is 0 Å². The van der Waals surface area contributed by atoms with Gasteiger partial charge in [-0.05, 0) is 0 Å². The molecule has 1 rings (SSSR count). The summed E-state index contributed by atoms with van der Waals surface area (Å²) in [6.45, 7) is -0.101. The maximum atomic E-state index is 9.37. The minimum atomic E-state index is -1.29. The quantitative estimate of drug-likeness (QED) is 0.168. The van der Waals surface area contributed by atoms with Gasteiger partial charge in [-0.3, -0.25) is 5.43 Å². The lowest BCUT2D eigenvalue weighted by Crippen LogP contribution is -2.57. The number of hydrogen-bond donors (Lipinski definition) is 6. The van der Waals surface area contributed by atoms with Crippen molar-refractivity contribution in [2.24, 2.45) is 16.6 Å². The molecule has 15 heavy (non-hydrogen) atoms. The standard InChI is InChI=1S/C6H14N4O4.ClH/c7-6(8)10-9-5-4(13)3(12)2(11)1-14-5;/h2-5,9,11-13H,1H2,(H4,7,8,10);1H/t2-,3-,4+,5+;/m0./s1. The summed E-state index contributed by atoms with van der Waals surface area (Å²) in [4.78, 5) is 0. The van der Waals surface area contributed by atoms with Crippen LogP contribution in [0.3, 0.4) is 0 Å². The second-order valence-corrected chi connectivity index (χ2v) is 2.97. The molecule has 0 radical (unpaired) electrons. The molecular formula is C6H15ClN4O4. The molecule has 0 aromatic heterocycles. The molecule has 1 heterocycles. The molecule has 8 N–H and O–H groups in total. The first-order valence-electron chi connectivity index (χ1n) is 4.02. The van der Waals surface area contributed by atoms with Gasteiger partial charge in [-0.2, -0.15) is 0 Å². The van der Waals surface area contributed by atoms with Gasteiger partial charge in [-0.25, -0.2) is 0 Å². The molecule has 0 spiro atoms. The summed E-state index contributed by atoms with van der Waals surface area (Å²) in [6.07, 6.45) is -4.62. The summed E-state index contributed by atoms with van der Waals surface area (Å²) < 4.78 is 4.93. The Bertz CT molecular complexity index is 225. The monoisotopic (exact) mass is 242 g/mol. The summed E-state index contributed by atoms with van der Waals surface area (Å²) >= 11 is 0. The van der Waals surface area contributed by atoms with E-state index >= 15 is 0 Å². The van der Waals surface area contributed by atoms with Crippen LogP contribution in [0.4, 0.5) is 0 Å². The van der Waals surface area contributed by atoms with Gasteiger partial charge in [0.2, 0.25) is 5.96 Å². The molecule has 1 saturated heterocycles. The van der Waals surface area contributed by atoms with E-state index < -0.39 is 24.5 Å². The number of aliphatic hydroxyl groups is 3. The SMILES string of the molecule is Cl.NC(N)=NN[C@@H]1OC[C@H](O)[C@H](O)[C@H]1O. The van der Waals surface area contributed by atoms with E-state index in [9.17, 15) is 10.2 Å². The fourth-order valence-electron chi connectivity index (χ4n) is 1.06. The number of nitrogens with one attached hydrogen (secondary N) is 1. The molecule has 1 aliphatic rings. The van der Waals surface area contributed by atoms with Gasteiger partial charge in [0.05, 0.1) is 6.61 Å². The summed E-state index contributed by atoms with van der Waals surface area (Å²) in [6, 6.07) is 0. The van der Waals surface area contributed by atoms with Gasteiger partial charge in [0, 0.05) is 0 Å². The lowest BCUT2D eigenvalue weighted by Gasteiger charge is -2.34. The lowest BCUT2D eigenvalue weighted by molar-refractivity contribution is -0.195. The van der Waals surface area contributed by atoms with Gasteiger partial charge in [0.15, 0.2) is 6.23 Å². The first-order chi connectivity index (χ1) is 6.52. The summed E-state index contributed by atoms with van der Waals surface area (Å²) in [7, 11) is 0. The first kappa shape index (κ1) is 14.2. The molecule has 0 bridgehead atoms. The third-order valence-corrected chi connectivity index (χ3v) is 1.82. The van der Waals surface area contributed by atoms with Crippen LogP contribution in [-0.2, 0) is 4.74 Å². The van der Waals surface area contributed by atoms with Gasteiger partial charge in [-0.15, -0.1) is 17.5 Å². The number of ether oxygens (including phenoxy) is 1. The van der Waals surface area contributed by atoms with E-state index in [0.717, 1.165) is 0 Å². The minimum Gasteiger partial charge on any atom is -0.388 e. The van der Waals surface area contributed by atoms with Crippen LogP contribution in [0.1, 0.15) is 0 Å². The Labute approximate surface area is 92.3 Å². The Morgan fingerprint density at radius 3 is 2.40 bits per heavy atom. The van der Waals surface area contributed by atoms with Gasteiger partial charge in [0.25, 0.3) is 0 Å². The van der Waals surface area contributed by atoms with Gasteiger partial charge < -0.3 is 31.5 Å². The minimum absolute atomic E-state index is 0. The number of nitrogens with two attached hydrogens (primary N) is 2. The molecule has 0 aromatic rings. The third-order valence-electron chi connectivity index (χ3n) is 1.82. The topological polar surface area (TPSA) is 146 Å². The second kappa shape index (κ2) is 5.93. The van der Waals surface area contributed by atoms with E-state index in [1.54, 1.807) is 0 Å². The molecule has 90 valence electrons. The fraction of sp³-hybridized carbons (Fsp3) is 0.833. The average Bonchev–Trinajstić information content (AvgIpc) is 2.13. The zero-order valence-corrected chi connectivity index (χ0v) is 8.59. The van der Waals surface area contributed by atoms with Crippen molar-refractivity contribution in [3.05, 3.63) is 0 Å². The molecule has 4 atom stereocenters. The maximum Gasteiger partial charge on any atom is 0.208 e. The molecule has 1 aliphatic heterocycles. The van der Waals surface area contributed by atoms with Crippen molar-refractivity contribution in [3.63, 3.8) is 0 Å². The van der Waals surface area contributed by atoms with Crippen LogP contribution in [0.15, 0.2) is 5.10 Å². The summed E-state index contributed by atoms with van der Waals surface area (Å²) in [5.41, 5.74) is 12.4. The van der Waals surface area contributed by atoms with Crippen molar-refractivity contribution in [2.75, 3.05) is 6.61 Å². The highest BCUT2D eigenvalue weighted by atomic mass is 35.5. The number of halogens is 1. The van der Waals surface area contributed by atoms with Crippen molar-refractivity contribution < 1.29 is 20.1 Å². The normalized spacial score (nSPS) is 35.1. The Hall–Kier alpha value is -0.800. The zero-order valence-electron chi connectivity index (χ0n) is 7.78. The van der Waals surface area contributed by atoms with Crippen molar-refractivity contribution >= 4 is 18.4 Å². The molecule has 9 heteroatoms. The van der Waals surface area contributed by atoms with E-state index in [1.807, 2.05) is 0 Å². The zero-order chi connectivity index (χ0) is 10.7. The molecule has 0 unspecified atom stereocenters. The first-order valence-corrected chi connectivity index (χ1v) is 4.02. The highest BCUT2D eigenvalue weighted by molar-refractivity contribution is 5.85. The molecule has 0 saturated carbocycles. The van der Waals surface area contributed by atoms with Gasteiger partial charge >= 0.3 is 0 Å². The number of aliphatic hydroxyl groups excluding tert-OH is 3. The lowest BCUT2D eigenvalue weighted by atomic mass is 10.1. The highest BCUT2D eigenvalue weighted by Gasteiger charge is 2.37. The number of hydrogen-bond acceptors (Lipinski definition) is 6. The number of hydrazone groups is 1. The summed E-state index contributed by atoms with van der Waals surface area (Å²) in [5.74, 6) is -0.221. The second-order valence-electron chi connectivity index (χ2n) is 2.97. The molecule has 8 nitrogen and oxygen atoms in total. The molecular weight excluding hydrogens is 228 g/mol. The maximum absolute atomic E-state index is 9.37. The van der Waals surface area contributed by atoms with Gasteiger partial charge in [-0.1, -0.05) is 0 Å². The molecule has 0 amide bonds. The smallest absolute Gasteiger partial charge is 0.208 e. The van der Waals surface area contributed by atoms with E-state index in [1.165, 1.54) is 0 Å². The van der Waals surface area contributed by atoms with Crippen LogP contribution < -0.4 is 16.9 Å². The Balaban J connectivity index is 0.00000196. The largest absolute Gasteiger partial charge is 0.388 e. The van der Waals surface area contributed by atoms with E-state index in [-0.39, 0.29) is 25.0 Å². The van der Waals surface area contributed by atoms with Crippen molar-refractivity contribution in [2.45, 2.75) is 24.5 Å². The Morgan fingerprint density at radius 1 is 1.27 bits per heavy atom. The number of nitrogens with zero attached hydrogens (tertiary/aromatic N) is 1. The Kier molecular flexibility index (Phi) is 5.61. The van der Waals surface area contributed by atoms with E-state index in [0.29, 0.717) is 0 Å². The van der Waals surface area contributed by atoms with Crippen LogP contribution in [0.25, 0.3) is 0 Å². The van der Waals surface area contributed by atoms with Crippen molar-refractivity contribution in [1.29, 1.82) is 0 Å². The van der Waals surface area contributed by atoms with E-state index in [2.05, 4.69) is 10.5 Å². The fourth-order valence-corrected chi connectivity index (χ4v) is 1.06. The molecule has 0 aliphatic carbocycles. The third kappa shape index (κ3) is 3.68. The van der Waals surface area contributed by atoms with Gasteiger partial charge in [0.1, 0.15) is 18.3 Å². The van der Waals surface area contributed by atoms with Crippen LogP contribution in [-0.4, -0.2) is 52.4 Å². The molecule has 1 fully saturated rings. The highest BCUT2D eigenvalue weighted by Crippen LogP contribution is 2.13. The van der Waals surface area contributed by atoms with Crippen LogP contribution in [0, 0.1) is 0 Å². The van der Waals surface area contributed by atoms with Crippen LogP contribution in [0.2, 0.25) is 0 Å². The average molecular weight is 243 g/mol. The number of guanidine groups is 1. The number of rotatable bonds is 2. The van der Waals surface area contributed by atoms with Crippen LogP contribution >= 0.6 is 12.4 Å². The van der Waals surface area contributed by atoms with Crippen molar-refractivity contribution in [1.82, 2.24) is 5.43 Å². The summed E-state index contributed by atoms with van der Waals surface area (Å²) in [5, 5.41) is 31.1. The van der Waals surface area contributed by atoms with E-state index in [4.69, 9.17) is 21.3 Å². The van der Waals surface area contributed by atoms with Crippen LogP contribution in [0.5, 0.6) is 0 Å². The molecule has 0 aromatic carbocycles. The Morgan fingerprint density at radius 2 is 1.87 bits per heavy atom. The predicted molar refractivity (Wildman–Crippen MR) is 54.0 cm³/mol.